The van der Waals surface area contributed by atoms with E-state index in [4.69, 9.17) is 0 Å². The highest BCUT2D eigenvalue weighted by molar-refractivity contribution is 6.04. The van der Waals surface area contributed by atoms with Crippen molar-refractivity contribution < 1.29 is 9.18 Å². The van der Waals surface area contributed by atoms with Crippen LogP contribution in [0.3, 0.4) is 0 Å². The third kappa shape index (κ3) is 4.31. The van der Waals surface area contributed by atoms with Crippen LogP contribution in [0.2, 0.25) is 0 Å². The van der Waals surface area contributed by atoms with Crippen molar-refractivity contribution in [3.63, 3.8) is 0 Å². The fourth-order valence-electron chi connectivity index (χ4n) is 2.92. The van der Waals surface area contributed by atoms with Crippen LogP contribution in [-0.4, -0.2) is 15.6 Å². The van der Waals surface area contributed by atoms with E-state index >= 15 is 0 Å². The molecule has 0 spiro atoms. The van der Waals surface area contributed by atoms with Gasteiger partial charge in [0.2, 0.25) is 0 Å². The number of allylic oxidation sites excluding steroid dienone is 1. The molecule has 0 unspecified atom stereocenters. The molecule has 138 valence electrons. The molecular formula is C22H22FN3O. The Kier molecular flexibility index (Phi) is 5.50. The summed E-state index contributed by atoms with van der Waals surface area (Å²) >= 11 is 0. The summed E-state index contributed by atoms with van der Waals surface area (Å²) in [4.78, 5) is 12.1. The molecule has 0 aliphatic carbocycles. The van der Waals surface area contributed by atoms with Gasteiger partial charge in [0, 0.05) is 17.8 Å². The fraction of sp³-hybridized carbons (Fsp3) is 0.182. The van der Waals surface area contributed by atoms with Crippen LogP contribution in [0.1, 0.15) is 32.9 Å². The van der Waals surface area contributed by atoms with Crippen molar-refractivity contribution in [1.82, 2.24) is 9.78 Å². The predicted octanol–water partition coefficient (Wildman–Crippen LogP) is 4.80. The van der Waals surface area contributed by atoms with Crippen molar-refractivity contribution in [1.29, 1.82) is 0 Å². The number of nitrogens with zero attached hydrogens (tertiary/aromatic N) is 2. The molecule has 1 heterocycles. The van der Waals surface area contributed by atoms with Crippen LogP contribution >= 0.6 is 0 Å². The van der Waals surface area contributed by atoms with Crippen LogP contribution in [0.5, 0.6) is 0 Å². The van der Waals surface area contributed by atoms with Crippen molar-refractivity contribution in [2.45, 2.75) is 27.3 Å². The normalized spacial score (nSPS) is 11.1. The number of ketones is 1. The minimum absolute atomic E-state index is 0.190. The molecule has 0 fully saturated rings. The number of rotatable bonds is 6. The molecule has 1 N–H and O–H groups in total. The molecule has 0 saturated heterocycles. The minimum atomic E-state index is -0.360. The second-order valence-corrected chi connectivity index (χ2v) is 6.48. The van der Waals surface area contributed by atoms with E-state index in [1.54, 1.807) is 6.20 Å². The number of aromatic nitrogens is 2. The summed E-state index contributed by atoms with van der Waals surface area (Å²) in [5, 5.41) is 7.76. The van der Waals surface area contributed by atoms with E-state index in [9.17, 15) is 9.18 Å². The van der Waals surface area contributed by atoms with E-state index in [2.05, 4.69) is 29.5 Å². The summed E-state index contributed by atoms with van der Waals surface area (Å²) in [6.45, 7) is 6.71. The van der Waals surface area contributed by atoms with Gasteiger partial charge in [-0.1, -0.05) is 24.3 Å². The zero-order valence-corrected chi connectivity index (χ0v) is 15.7. The van der Waals surface area contributed by atoms with Crippen molar-refractivity contribution in [2.75, 3.05) is 5.32 Å². The number of aryl methyl sites for hydroxylation is 2. The molecule has 3 aromatic rings. The number of anilines is 1. The average molecular weight is 363 g/mol. The molecule has 0 aliphatic rings. The predicted molar refractivity (Wildman–Crippen MR) is 105 cm³/mol. The summed E-state index contributed by atoms with van der Waals surface area (Å²) < 4.78 is 14.9. The molecule has 0 atom stereocenters. The van der Waals surface area contributed by atoms with Crippen LogP contribution in [0.25, 0.3) is 0 Å². The van der Waals surface area contributed by atoms with Crippen LogP contribution in [0.4, 0.5) is 10.1 Å². The lowest BCUT2D eigenvalue weighted by atomic mass is 10.1. The number of hydrogen-bond donors (Lipinski definition) is 1. The lowest BCUT2D eigenvalue weighted by Crippen LogP contribution is -2.05. The Morgan fingerprint density at radius 1 is 1.11 bits per heavy atom. The zero-order chi connectivity index (χ0) is 19.4. The van der Waals surface area contributed by atoms with E-state index in [1.807, 2.05) is 30.7 Å². The van der Waals surface area contributed by atoms with Gasteiger partial charge < -0.3 is 5.32 Å². The maximum absolute atomic E-state index is 12.9. The highest BCUT2D eigenvalue weighted by Crippen LogP contribution is 2.21. The van der Waals surface area contributed by atoms with Crippen molar-refractivity contribution >= 4 is 11.5 Å². The smallest absolute Gasteiger partial charge is 0.187 e. The molecule has 0 saturated carbocycles. The van der Waals surface area contributed by atoms with E-state index in [0.717, 1.165) is 17.1 Å². The first-order chi connectivity index (χ1) is 13.0. The van der Waals surface area contributed by atoms with Gasteiger partial charge in [0.25, 0.3) is 0 Å². The number of hydrogen-bond acceptors (Lipinski definition) is 3. The second kappa shape index (κ2) is 7.99. The Balaban J connectivity index is 1.72. The summed E-state index contributed by atoms with van der Waals surface area (Å²) in [5.41, 5.74) is 5.63. The molecule has 0 amide bonds. The molecule has 5 heteroatoms. The molecule has 0 radical (unpaired) electrons. The summed E-state index contributed by atoms with van der Waals surface area (Å²) in [6, 6.07) is 13.7. The lowest BCUT2D eigenvalue weighted by Gasteiger charge is -2.08. The first-order valence-corrected chi connectivity index (χ1v) is 8.77. The van der Waals surface area contributed by atoms with Crippen molar-refractivity contribution in [3.05, 3.63) is 94.7 Å². The highest BCUT2D eigenvalue weighted by Gasteiger charge is 2.11. The van der Waals surface area contributed by atoms with E-state index < -0.39 is 0 Å². The van der Waals surface area contributed by atoms with E-state index in [0.29, 0.717) is 12.1 Å². The van der Waals surface area contributed by atoms with Gasteiger partial charge in [0.15, 0.2) is 5.78 Å². The van der Waals surface area contributed by atoms with Gasteiger partial charge in [-0.15, -0.1) is 0 Å². The van der Waals surface area contributed by atoms with Crippen molar-refractivity contribution in [3.8, 4) is 0 Å². The van der Waals surface area contributed by atoms with E-state index in [1.165, 1.54) is 41.5 Å². The van der Waals surface area contributed by atoms with Gasteiger partial charge in [-0.3, -0.25) is 9.48 Å². The summed E-state index contributed by atoms with van der Waals surface area (Å²) in [7, 11) is 0. The Labute approximate surface area is 158 Å². The summed E-state index contributed by atoms with van der Waals surface area (Å²) in [5.74, 6) is -0.550. The largest absolute Gasteiger partial charge is 0.359 e. The summed E-state index contributed by atoms with van der Waals surface area (Å²) in [6.07, 6.45) is 3.03. The third-order valence-corrected chi connectivity index (χ3v) is 4.55. The molecule has 0 aliphatic heterocycles. The number of nitrogens with one attached hydrogen (secondary N) is 1. The second-order valence-electron chi connectivity index (χ2n) is 6.48. The number of halogens is 1. The quantitative estimate of drug-likeness (QED) is 0.505. The molecule has 2 aromatic carbocycles. The lowest BCUT2D eigenvalue weighted by molar-refractivity contribution is 0.104. The first kappa shape index (κ1) is 18.6. The Morgan fingerprint density at radius 2 is 1.81 bits per heavy atom. The Bertz CT molecular complexity index is 987. The molecule has 27 heavy (non-hydrogen) atoms. The first-order valence-electron chi connectivity index (χ1n) is 8.77. The van der Waals surface area contributed by atoms with Crippen LogP contribution in [-0.2, 0) is 6.54 Å². The zero-order valence-electron chi connectivity index (χ0n) is 15.7. The average Bonchev–Trinajstić information content (AvgIpc) is 2.91. The molecule has 4 nitrogen and oxygen atoms in total. The topological polar surface area (TPSA) is 46.9 Å². The fourth-order valence-corrected chi connectivity index (χ4v) is 2.92. The van der Waals surface area contributed by atoms with Gasteiger partial charge in [-0.05, 0) is 56.2 Å². The monoisotopic (exact) mass is 363 g/mol. The third-order valence-electron chi connectivity index (χ3n) is 4.55. The van der Waals surface area contributed by atoms with Crippen LogP contribution in [0.15, 0.2) is 60.8 Å². The molecular weight excluding hydrogens is 341 g/mol. The minimum Gasteiger partial charge on any atom is -0.359 e. The van der Waals surface area contributed by atoms with Crippen molar-refractivity contribution in [2.24, 2.45) is 0 Å². The molecule has 0 bridgehead atoms. The SMILES string of the molecule is Cc1ccccc1Cn1nc(C)c(NC=CC(=O)c2ccc(F)cc2)c1C. The highest BCUT2D eigenvalue weighted by atomic mass is 19.1. The van der Waals surface area contributed by atoms with Gasteiger partial charge in [-0.2, -0.15) is 5.10 Å². The maximum Gasteiger partial charge on any atom is 0.187 e. The number of carbonyl (C=O) groups is 1. The molecule has 1 aromatic heterocycles. The van der Waals surface area contributed by atoms with Crippen LogP contribution in [0, 0.1) is 26.6 Å². The van der Waals surface area contributed by atoms with Gasteiger partial charge in [0.1, 0.15) is 5.82 Å². The molecule has 3 rings (SSSR count). The number of carbonyl (C=O) groups excluding carboxylic acids is 1. The van der Waals surface area contributed by atoms with E-state index in [-0.39, 0.29) is 11.6 Å². The Morgan fingerprint density at radius 3 is 2.52 bits per heavy atom. The maximum atomic E-state index is 12.9. The van der Waals surface area contributed by atoms with Gasteiger partial charge >= 0.3 is 0 Å². The standard InChI is InChI=1S/C22H22FN3O/c1-15-6-4-5-7-19(15)14-26-17(3)22(16(2)25-26)24-13-12-21(27)18-8-10-20(23)11-9-18/h4-13,24H,14H2,1-3H3. The van der Waals surface area contributed by atoms with Gasteiger partial charge in [-0.25, -0.2) is 4.39 Å². The Hall–Kier alpha value is -3.21. The van der Waals surface area contributed by atoms with Gasteiger partial charge in [0.05, 0.1) is 23.6 Å². The number of benzene rings is 2. The van der Waals surface area contributed by atoms with Crippen LogP contribution < -0.4 is 5.32 Å².